The van der Waals surface area contributed by atoms with E-state index in [4.69, 9.17) is 0 Å². The number of halogens is 3. The fourth-order valence-electron chi connectivity index (χ4n) is 1.23. The van der Waals surface area contributed by atoms with Crippen LogP contribution < -0.4 is 10.1 Å². The summed E-state index contributed by atoms with van der Waals surface area (Å²) in [5, 5.41) is 2.94. The van der Waals surface area contributed by atoms with Crippen LogP contribution in [0.1, 0.15) is 0 Å². The molecule has 1 N–H and O–H groups in total. The Kier molecular flexibility index (Phi) is 4.24. The van der Waals surface area contributed by atoms with Gasteiger partial charge in [0.1, 0.15) is 5.75 Å². The zero-order valence-corrected chi connectivity index (χ0v) is 11.1. The number of alkyl halides is 2. The van der Waals surface area contributed by atoms with Gasteiger partial charge in [0.2, 0.25) is 5.95 Å². The first-order valence-electron chi connectivity index (χ1n) is 4.93. The second-order valence-electron chi connectivity index (χ2n) is 3.25. The Labute approximate surface area is 116 Å². The second-order valence-corrected chi connectivity index (χ2v) is 4.50. The second kappa shape index (κ2) is 5.89. The Morgan fingerprint density at radius 1 is 1.11 bits per heavy atom. The van der Waals surface area contributed by atoms with Crippen LogP contribution in [0.2, 0.25) is 0 Å². The maximum atomic E-state index is 11.9. The molecule has 0 unspecified atom stereocenters. The lowest BCUT2D eigenvalue weighted by Gasteiger charge is -2.07. The summed E-state index contributed by atoms with van der Waals surface area (Å²) in [7, 11) is 0. The summed E-state index contributed by atoms with van der Waals surface area (Å²) in [6, 6.07) is 6.11. The number of rotatable bonds is 4. The highest BCUT2D eigenvalue weighted by molar-refractivity contribution is 14.1. The van der Waals surface area contributed by atoms with E-state index in [9.17, 15) is 8.78 Å². The predicted molar refractivity (Wildman–Crippen MR) is 71.1 cm³/mol. The molecule has 94 valence electrons. The minimum Gasteiger partial charge on any atom is -0.435 e. The lowest BCUT2D eigenvalue weighted by atomic mass is 10.3. The van der Waals surface area contributed by atoms with E-state index in [0.29, 0.717) is 11.6 Å². The average Bonchev–Trinajstić information content (AvgIpc) is 2.34. The third-order valence-electron chi connectivity index (χ3n) is 1.96. The number of aromatic nitrogens is 2. The molecular weight excluding hydrogens is 355 g/mol. The van der Waals surface area contributed by atoms with E-state index in [1.165, 1.54) is 12.1 Å². The van der Waals surface area contributed by atoms with E-state index in [1.54, 1.807) is 24.5 Å². The van der Waals surface area contributed by atoms with Crippen molar-refractivity contribution in [2.75, 3.05) is 5.32 Å². The van der Waals surface area contributed by atoms with Crippen molar-refractivity contribution in [2.24, 2.45) is 0 Å². The van der Waals surface area contributed by atoms with Crippen molar-refractivity contribution < 1.29 is 13.5 Å². The fraction of sp³-hybridized carbons (Fsp3) is 0.0909. The average molecular weight is 363 g/mol. The summed E-state index contributed by atoms with van der Waals surface area (Å²) in [6.07, 6.45) is 3.34. The van der Waals surface area contributed by atoms with Crippen LogP contribution in [-0.2, 0) is 0 Å². The van der Waals surface area contributed by atoms with Gasteiger partial charge in [-0.3, -0.25) is 0 Å². The van der Waals surface area contributed by atoms with E-state index in [0.717, 1.165) is 3.57 Å². The van der Waals surface area contributed by atoms with E-state index >= 15 is 0 Å². The quantitative estimate of drug-likeness (QED) is 0.846. The topological polar surface area (TPSA) is 47.0 Å². The van der Waals surface area contributed by atoms with Crippen LogP contribution in [0.25, 0.3) is 0 Å². The Hall–Kier alpha value is -1.51. The van der Waals surface area contributed by atoms with Crippen molar-refractivity contribution in [3.8, 4) is 5.75 Å². The molecule has 2 rings (SSSR count). The number of ether oxygens (including phenoxy) is 1. The predicted octanol–water partition coefficient (Wildman–Crippen LogP) is 3.43. The molecule has 0 bridgehead atoms. The number of hydrogen-bond donors (Lipinski definition) is 1. The highest BCUT2D eigenvalue weighted by Gasteiger charge is 2.04. The van der Waals surface area contributed by atoms with Gasteiger partial charge < -0.3 is 10.1 Å². The van der Waals surface area contributed by atoms with E-state index < -0.39 is 6.61 Å². The van der Waals surface area contributed by atoms with Crippen molar-refractivity contribution >= 4 is 34.2 Å². The molecule has 0 fully saturated rings. The van der Waals surface area contributed by atoms with Crippen molar-refractivity contribution in [1.29, 1.82) is 0 Å². The first kappa shape index (κ1) is 12.9. The third-order valence-corrected chi connectivity index (χ3v) is 2.51. The monoisotopic (exact) mass is 363 g/mol. The van der Waals surface area contributed by atoms with Crippen molar-refractivity contribution in [1.82, 2.24) is 9.97 Å². The molecule has 1 aromatic carbocycles. The van der Waals surface area contributed by atoms with Crippen molar-refractivity contribution in [3.05, 3.63) is 40.2 Å². The molecule has 0 saturated carbocycles. The number of hydrogen-bond acceptors (Lipinski definition) is 4. The van der Waals surface area contributed by atoms with Crippen LogP contribution in [0.5, 0.6) is 5.75 Å². The molecule has 0 aliphatic heterocycles. The van der Waals surface area contributed by atoms with Gasteiger partial charge >= 0.3 is 6.61 Å². The molecule has 0 aliphatic carbocycles. The first-order chi connectivity index (χ1) is 8.63. The van der Waals surface area contributed by atoms with Gasteiger partial charge in [-0.05, 0) is 46.9 Å². The maximum Gasteiger partial charge on any atom is 0.387 e. The lowest BCUT2D eigenvalue weighted by Crippen LogP contribution is -2.02. The zero-order valence-electron chi connectivity index (χ0n) is 8.98. The fourth-order valence-corrected chi connectivity index (χ4v) is 1.50. The van der Waals surface area contributed by atoms with Crippen LogP contribution in [-0.4, -0.2) is 16.6 Å². The highest BCUT2D eigenvalue weighted by atomic mass is 127. The van der Waals surface area contributed by atoms with Gasteiger partial charge in [-0.15, -0.1) is 0 Å². The van der Waals surface area contributed by atoms with Crippen LogP contribution >= 0.6 is 22.6 Å². The Morgan fingerprint density at radius 2 is 1.72 bits per heavy atom. The SMILES string of the molecule is FC(F)Oc1ccc(Nc2ncc(I)cn2)cc1. The summed E-state index contributed by atoms with van der Waals surface area (Å²) in [4.78, 5) is 8.13. The molecule has 0 saturated heterocycles. The minimum absolute atomic E-state index is 0.110. The number of benzene rings is 1. The van der Waals surface area contributed by atoms with E-state index in [2.05, 4.69) is 42.6 Å². The smallest absolute Gasteiger partial charge is 0.387 e. The first-order valence-corrected chi connectivity index (χ1v) is 6.01. The highest BCUT2D eigenvalue weighted by Crippen LogP contribution is 2.19. The third kappa shape index (κ3) is 3.76. The van der Waals surface area contributed by atoms with E-state index in [-0.39, 0.29) is 5.75 Å². The van der Waals surface area contributed by atoms with Gasteiger partial charge in [0.25, 0.3) is 0 Å². The molecule has 1 heterocycles. The van der Waals surface area contributed by atoms with Gasteiger partial charge in [-0.2, -0.15) is 8.78 Å². The number of nitrogens with one attached hydrogen (secondary N) is 1. The van der Waals surface area contributed by atoms with Crippen LogP contribution in [0.4, 0.5) is 20.4 Å². The molecule has 0 spiro atoms. The maximum absolute atomic E-state index is 11.9. The Bertz CT molecular complexity index is 505. The van der Waals surface area contributed by atoms with Gasteiger partial charge in [0.05, 0.1) is 0 Å². The molecule has 2 aromatic rings. The normalized spacial score (nSPS) is 10.4. The molecule has 1 aromatic heterocycles. The molecule has 0 aliphatic rings. The van der Waals surface area contributed by atoms with Crippen molar-refractivity contribution in [2.45, 2.75) is 6.61 Å². The Morgan fingerprint density at radius 3 is 2.28 bits per heavy atom. The largest absolute Gasteiger partial charge is 0.435 e. The molecule has 0 amide bonds. The van der Waals surface area contributed by atoms with Gasteiger partial charge in [0.15, 0.2) is 0 Å². The van der Waals surface area contributed by atoms with E-state index in [1.807, 2.05) is 0 Å². The Balaban J connectivity index is 2.04. The minimum atomic E-state index is -2.82. The van der Waals surface area contributed by atoms with Gasteiger partial charge in [0, 0.05) is 21.7 Å². The molecular formula is C11H8F2IN3O. The summed E-state index contributed by atoms with van der Waals surface area (Å²) in [5.74, 6) is 0.553. The number of nitrogens with zero attached hydrogens (tertiary/aromatic N) is 2. The molecule has 7 heteroatoms. The zero-order chi connectivity index (χ0) is 13.0. The molecule has 4 nitrogen and oxygen atoms in total. The van der Waals surface area contributed by atoms with Crippen LogP contribution in [0.3, 0.4) is 0 Å². The van der Waals surface area contributed by atoms with Gasteiger partial charge in [-0.1, -0.05) is 0 Å². The summed E-state index contributed by atoms with van der Waals surface area (Å²) in [5.41, 5.74) is 0.692. The van der Waals surface area contributed by atoms with Crippen molar-refractivity contribution in [3.63, 3.8) is 0 Å². The van der Waals surface area contributed by atoms with Gasteiger partial charge in [-0.25, -0.2) is 9.97 Å². The molecule has 0 radical (unpaired) electrons. The van der Waals surface area contributed by atoms with Crippen LogP contribution in [0.15, 0.2) is 36.7 Å². The molecule has 18 heavy (non-hydrogen) atoms. The summed E-state index contributed by atoms with van der Waals surface area (Å²) < 4.78 is 29.1. The standard InChI is InChI=1S/C11H8F2IN3O/c12-10(13)18-9-3-1-8(2-4-9)17-11-15-5-7(14)6-16-11/h1-6,10H,(H,15,16,17). The lowest BCUT2D eigenvalue weighted by molar-refractivity contribution is -0.0498. The number of anilines is 2. The van der Waals surface area contributed by atoms with Crippen LogP contribution in [0, 0.1) is 3.57 Å². The summed E-state index contributed by atoms with van der Waals surface area (Å²) >= 11 is 2.10. The summed E-state index contributed by atoms with van der Waals surface area (Å²) in [6.45, 7) is -2.82. The molecule has 0 atom stereocenters.